The molecule has 1 saturated heterocycles. The molecule has 162 valence electrons. The van der Waals surface area contributed by atoms with E-state index in [1.807, 2.05) is 0 Å². The van der Waals surface area contributed by atoms with Crippen molar-refractivity contribution < 1.29 is 29.1 Å². The van der Waals surface area contributed by atoms with Crippen LogP contribution in [0.25, 0.3) is 5.76 Å². The molecule has 9 nitrogen and oxygen atoms in total. The highest BCUT2D eigenvalue weighted by molar-refractivity contribution is 6.46. The summed E-state index contributed by atoms with van der Waals surface area (Å²) in [6, 6.07) is 11.1. The topological polar surface area (TPSA) is 119 Å². The molecule has 0 bridgehead atoms. The number of carbonyl (C=O) groups excluding carboxylic acids is 2. The standard InChI is InChI=1S/C22H22N2O7/c1-30-13-3-12-23-19(14-4-8-16(9-5-14)24(28)29)18(21(26)22(23)27)20(25)15-6-10-17(31-2)11-7-15/h4-11,19,25H,3,12-13H2,1-2H3/t19-/m0/s1. The third kappa shape index (κ3) is 4.41. The zero-order valence-electron chi connectivity index (χ0n) is 17.1. The van der Waals surface area contributed by atoms with E-state index in [0.29, 0.717) is 29.9 Å². The highest BCUT2D eigenvalue weighted by atomic mass is 16.6. The number of benzene rings is 2. The van der Waals surface area contributed by atoms with Gasteiger partial charge in [-0.3, -0.25) is 19.7 Å². The molecule has 2 aromatic carbocycles. The van der Waals surface area contributed by atoms with Gasteiger partial charge in [-0.1, -0.05) is 0 Å². The molecule has 3 rings (SSSR count). The van der Waals surface area contributed by atoms with Gasteiger partial charge in [-0.25, -0.2) is 0 Å². The Bertz CT molecular complexity index is 1010. The SMILES string of the molecule is COCCCN1C(=O)C(=O)C(=C(O)c2ccc(OC)cc2)[C@@H]1c1ccc([N+](=O)[O-])cc1. The molecule has 1 heterocycles. The normalized spacial score (nSPS) is 17.7. The second-order valence-electron chi connectivity index (χ2n) is 6.92. The predicted octanol–water partition coefficient (Wildman–Crippen LogP) is 3.06. The fraction of sp³-hybridized carbons (Fsp3) is 0.273. The number of non-ortho nitro benzene ring substituents is 1. The molecule has 1 aliphatic rings. The van der Waals surface area contributed by atoms with Crippen LogP contribution in [0.3, 0.4) is 0 Å². The second-order valence-corrected chi connectivity index (χ2v) is 6.92. The van der Waals surface area contributed by atoms with Crippen LogP contribution in [0.4, 0.5) is 5.69 Å². The summed E-state index contributed by atoms with van der Waals surface area (Å²) >= 11 is 0. The summed E-state index contributed by atoms with van der Waals surface area (Å²) < 4.78 is 10.2. The average Bonchev–Trinajstić information content (AvgIpc) is 3.04. The van der Waals surface area contributed by atoms with Crippen LogP contribution in [-0.4, -0.2) is 54.0 Å². The molecule has 31 heavy (non-hydrogen) atoms. The molecule has 0 aliphatic carbocycles. The van der Waals surface area contributed by atoms with Gasteiger partial charge in [-0.15, -0.1) is 0 Å². The molecule has 1 aliphatic heterocycles. The lowest BCUT2D eigenvalue weighted by atomic mass is 9.95. The Balaban J connectivity index is 2.10. The molecule has 1 amide bonds. The summed E-state index contributed by atoms with van der Waals surface area (Å²) in [4.78, 5) is 37.5. The number of nitro groups is 1. The van der Waals surface area contributed by atoms with E-state index >= 15 is 0 Å². The van der Waals surface area contributed by atoms with Crippen LogP contribution in [0, 0.1) is 10.1 Å². The van der Waals surface area contributed by atoms with Crippen molar-refractivity contribution in [2.45, 2.75) is 12.5 Å². The Morgan fingerprint density at radius 3 is 2.29 bits per heavy atom. The summed E-state index contributed by atoms with van der Waals surface area (Å²) in [6.45, 7) is 0.605. The zero-order chi connectivity index (χ0) is 22.5. The number of rotatable bonds is 8. The van der Waals surface area contributed by atoms with Crippen LogP contribution in [0.2, 0.25) is 0 Å². The monoisotopic (exact) mass is 426 g/mol. The van der Waals surface area contributed by atoms with Gasteiger partial charge in [-0.05, 0) is 48.4 Å². The van der Waals surface area contributed by atoms with E-state index in [2.05, 4.69) is 0 Å². The van der Waals surface area contributed by atoms with E-state index in [1.54, 1.807) is 24.3 Å². The van der Waals surface area contributed by atoms with Crippen LogP contribution in [0.15, 0.2) is 54.1 Å². The molecule has 0 aromatic heterocycles. The molecule has 2 aromatic rings. The van der Waals surface area contributed by atoms with Gasteiger partial charge in [-0.2, -0.15) is 0 Å². The first-order chi connectivity index (χ1) is 14.9. The lowest BCUT2D eigenvalue weighted by Gasteiger charge is -2.25. The minimum absolute atomic E-state index is 0.0681. The van der Waals surface area contributed by atoms with E-state index in [9.17, 15) is 24.8 Å². The smallest absolute Gasteiger partial charge is 0.295 e. The Morgan fingerprint density at radius 2 is 1.74 bits per heavy atom. The number of hydrogen-bond donors (Lipinski definition) is 1. The first-order valence-electron chi connectivity index (χ1n) is 9.55. The van der Waals surface area contributed by atoms with Crippen LogP contribution in [-0.2, 0) is 14.3 Å². The minimum atomic E-state index is -0.875. The molecule has 0 radical (unpaired) electrons. The van der Waals surface area contributed by atoms with Gasteiger partial charge in [0.15, 0.2) is 0 Å². The molecule has 0 spiro atoms. The minimum Gasteiger partial charge on any atom is -0.507 e. The van der Waals surface area contributed by atoms with Crippen molar-refractivity contribution in [3.63, 3.8) is 0 Å². The Morgan fingerprint density at radius 1 is 1.10 bits per heavy atom. The first-order valence-corrected chi connectivity index (χ1v) is 9.55. The molecular weight excluding hydrogens is 404 g/mol. The number of nitrogens with zero attached hydrogens (tertiary/aromatic N) is 2. The number of hydrogen-bond acceptors (Lipinski definition) is 7. The fourth-order valence-corrected chi connectivity index (χ4v) is 3.52. The number of nitro benzene ring substituents is 1. The number of amides is 1. The van der Waals surface area contributed by atoms with Gasteiger partial charge in [0.05, 0.1) is 23.6 Å². The summed E-state index contributed by atoms with van der Waals surface area (Å²) in [5.41, 5.74) is 0.650. The first kappa shape index (κ1) is 22.0. The Kier molecular flexibility index (Phi) is 6.66. The van der Waals surface area contributed by atoms with E-state index in [-0.39, 0.29) is 23.6 Å². The van der Waals surface area contributed by atoms with Crippen molar-refractivity contribution in [3.8, 4) is 5.75 Å². The van der Waals surface area contributed by atoms with Crippen LogP contribution < -0.4 is 4.74 Å². The third-order valence-electron chi connectivity index (χ3n) is 5.07. The van der Waals surface area contributed by atoms with Crippen molar-refractivity contribution in [2.75, 3.05) is 27.4 Å². The van der Waals surface area contributed by atoms with Crippen LogP contribution in [0.1, 0.15) is 23.6 Å². The number of aliphatic hydroxyl groups excluding tert-OH is 1. The van der Waals surface area contributed by atoms with Gasteiger partial charge >= 0.3 is 0 Å². The number of carbonyl (C=O) groups is 2. The lowest BCUT2D eigenvalue weighted by molar-refractivity contribution is -0.384. The van der Waals surface area contributed by atoms with Crippen LogP contribution in [0.5, 0.6) is 5.75 Å². The molecule has 1 fully saturated rings. The van der Waals surface area contributed by atoms with Gasteiger partial charge in [0.25, 0.3) is 17.4 Å². The summed E-state index contributed by atoms with van der Waals surface area (Å²) in [7, 11) is 3.04. The van der Waals surface area contributed by atoms with E-state index in [1.165, 1.54) is 43.4 Å². The number of ether oxygens (including phenoxy) is 2. The maximum Gasteiger partial charge on any atom is 0.295 e. The van der Waals surface area contributed by atoms with Crippen LogP contribution >= 0.6 is 0 Å². The summed E-state index contributed by atoms with van der Waals surface area (Å²) in [5, 5.41) is 21.9. The fourth-order valence-electron chi connectivity index (χ4n) is 3.52. The maximum atomic E-state index is 12.9. The third-order valence-corrected chi connectivity index (χ3v) is 5.07. The summed E-state index contributed by atoms with van der Waals surface area (Å²) in [5.74, 6) is -1.30. The molecule has 9 heteroatoms. The van der Waals surface area contributed by atoms with Crippen molar-refractivity contribution in [3.05, 3.63) is 75.3 Å². The van der Waals surface area contributed by atoms with Gasteiger partial charge in [0, 0.05) is 38.0 Å². The number of aliphatic hydroxyl groups is 1. The van der Waals surface area contributed by atoms with Crippen molar-refractivity contribution in [1.82, 2.24) is 4.90 Å². The molecule has 0 saturated carbocycles. The Hall–Kier alpha value is -3.72. The highest BCUT2D eigenvalue weighted by Crippen LogP contribution is 2.40. The Labute approximate surface area is 178 Å². The van der Waals surface area contributed by atoms with Crippen molar-refractivity contribution >= 4 is 23.1 Å². The van der Waals surface area contributed by atoms with Gasteiger partial charge in [0.2, 0.25) is 0 Å². The van der Waals surface area contributed by atoms with E-state index in [0.717, 1.165) is 0 Å². The predicted molar refractivity (Wildman–Crippen MR) is 112 cm³/mol. The number of likely N-dealkylation sites (tertiary alicyclic amines) is 1. The number of Topliss-reactive ketones (excluding diaryl/α,β-unsaturated/α-hetero) is 1. The molecule has 0 unspecified atom stereocenters. The summed E-state index contributed by atoms with van der Waals surface area (Å²) in [6.07, 6.45) is 0.482. The second kappa shape index (κ2) is 9.40. The van der Waals surface area contributed by atoms with Crippen molar-refractivity contribution in [1.29, 1.82) is 0 Å². The number of methoxy groups -OCH3 is 2. The highest BCUT2D eigenvalue weighted by Gasteiger charge is 2.45. The van der Waals surface area contributed by atoms with Gasteiger partial charge < -0.3 is 19.5 Å². The molecule has 1 N–H and O–H groups in total. The number of ketones is 1. The average molecular weight is 426 g/mol. The van der Waals surface area contributed by atoms with E-state index in [4.69, 9.17) is 9.47 Å². The largest absolute Gasteiger partial charge is 0.507 e. The molecule has 1 atom stereocenters. The van der Waals surface area contributed by atoms with Gasteiger partial charge in [0.1, 0.15) is 11.5 Å². The van der Waals surface area contributed by atoms with Crippen molar-refractivity contribution in [2.24, 2.45) is 0 Å². The zero-order valence-corrected chi connectivity index (χ0v) is 17.1. The maximum absolute atomic E-state index is 12.9. The molecular formula is C22H22N2O7. The quantitative estimate of drug-likeness (QED) is 0.172. The van der Waals surface area contributed by atoms with E-state index < -0.39 is 22.7 Å². The lowest BCUT2D eigenvalue weighted by Crippen LogP contribution is -2.31.